The van der Waals surface area contributed by atoms with E-state index in [1.807, 2.05) is 97.0 Å². The lowest BCUT2D eigenvalue weighted by Gasteiger charge is -2.37. The summed E-state index contributed by atoms with van der Waals surface area (Å²) in [6.45, 7) is 24.1. The first kappa shape index (κ1) is 42.1. The van der Waals surface area contributed by atoms with Gasteiger partial charge in [0, 0.05) is 19.0 Å². The second-order valence-corrected chi connectivity index (χ2v) is 21.8. The van der Waals surface area contributed by atoms with Crippen molar-refractivity contribution in [3.8, 4) is 11.5 Å². The number of rotatable bonds is 7. The Morgan fingerprint density at radius 2 is 1.66 bits per heavy atom. The van der Waals surface area contributed by atoms with Crippen molar-refractivity contribution in [3.63, 3.8) is 0 Å². The van der Waals surface area contributed by atoms with Gasteiger partial charge in [0.25, 0.3) is 8.32 Å². The first-order chi connectivity index (χ1) is 24.5. The number of ether oxygens (including phenoxy) is 6. The van der Waals surface area contributed by atoms with Gasteiger partial charge in [0.05, 0.1) is 25.5 Å². The minimum atomic E-state index is -2.49. The molecule has 0 spiro atoms. The maximum atomic E-state index is 14.3. The van der Waals surface area contributed by atoms with Crippen molar-refractivity contribution in [2.24, 2.45) is 5.92 Å². The summed E-state index contributed by atoms with van der Waals surface area (Å²) in [4.78, 5) is 29.0. The molecular formula is C42H61NO9Si. The van der Waals surface area contributed by atoms with E-state index >= 15 is 0 Å². The summed E-state index contributed by atoms with van der Waals surface area (Å²) in [6, 6.07) is 11.3. The zero-order chi connectivity index (χ0) is 39.5. The largest absolute Gasteiger partial charge is 0.543 e. The van der Waals surface area contributed by atoms with Crippen LogP contribution in [0.3, 0.4) is 0 Å². The van der Waals surface area contributed by atoms with Crippen LogP contribution in [0.15, 0.2) is 54.6 Å². The van der Waals surface area contributed by atoms with E-state index in [0.717, 1.165) is 11.3 Å². The van der Waals surface area contributed by atoms with E-state index in [1.54, 1.807) is 26.3 Å². The highest BCUT2D eigenvalue weighted by Gasteiger charge is 2.45. The Labute approximate surface area is 317 Å². The molecule has 0 aliphatic carbocycles. The Morgan fingerprint density at radius 1 is 1.00 bits per heavy atom. The minimum absolute atomic E-state index is 0.172. The number of anilines is 1. The molecule has 1 amide bonds. The van der Waals surface area contributed by atoms with Crippen molar-refractivity contribution in [2.75, 3.05) is 19.1 Å². The van der Waals surface area contributed by atoms with Crippen LogP contribution >= 0.6 is 0 Å². The van der Waals surface area contributed by atoms with Crippen molar-refractivity contribution >= 4 is 32.1 Å². The molecule has 2 aliphatic rings. The van der Waals surface area contributed by atoms with Crippen LogP contribution in [0.1, 0.15) is 97.1 Å². The third-order valence-electron chi connectivity index (χ3n) is 10.00. The fourth-order valence-electron chi connectivity index (χ4n) is 5.71. The van der Waals surface area contributed by atoms with E-state index in [0.29, 0.717) is 35.6 Å². The number of carbonyl (C=O) groups is 2. The Bertz CT molecular complexity index is 1650. The van der Waals surface area contributed by atoms with Crippen LogP contribution in [-0.4, -0.2) is 70.3 Å². The Hall–Kier alpha value is -3.64. The van der Waals surface area contributed by atoms with E-state index in [2.05, 4.69) is 33.9 Å². The number of fused-ring (bicyclic) bond motifs is 2. The van der Waals surface area contributed by atoms with Crippen molar-refractivity contribution in [1.29, 1.82) is 0 Å². The van der Waals surface area contributed by atoms with Gasteiger partial charge in [-0.1, -0.05) is 64.1 Å². The molecule has 0 radical (unpaired) electrons. The standard InChI is InChI=1S/C42H61NO9Si/c1-27-18-23-33(47-26-29-19-21-32(46-12)22-20-29)37-34(49-42(9,10)50-37)17-15-16-30-24-31(43(11)39(45)51-40(3,4)5)25-35(36(30)38(44)48-28(27)2)52-53(13,14)41(6,7)8/h15-16,18-25,27-28,33-34,37H,17,26H2,1-14H3/t27-,28+,33-,34+,37+/m1/s1. The number of nitrogens with zero attached hydrogens (tertiary/aromatic N) is 1. The SMILES string of the molecule is COc1ccc(CO[C@@H]2C=C[C@@H](C)[C@H](C)OC(=O)c3c(cc(N(C)C(=O)OC(C)(C)C)cc3O[Si](C)(C)C(C)(C)C)C=CC[C@@H]3OC(C)(C)O[C@H]32)cc1. The smallest absolute Gasteiger partial charge is 0.414 e. The number of esters is 1. The van der Waals surface area contributed by atoms with Crippen LogP contribution in [0.25, 0.3) is 6.08 Å². The number of methoxy groups -OCH3 is 1. The van der Waals surface area contributed by atoms with Crippen LogP contribution in [-0.2, 0) is 30.3 Å². The second kappa shape index (κ2) is 16.4. The van der Waals surface area contributed by atoms with Gasteiger partial charge in [-0.15, -0.1) is 0 Å². The van der Waals surface area contributed by atoms with Gasteiger partial charge in [-0.05, 0) is 95.4 Å². The van der Waals surface area contributed by atoms with Gasteiger partial charge in [0.15, 0.2) is 5.79 Å². The number of hydrogen-bond acceptors (Lipinski definition) is 9. The van der Waals surface area contributed by atoms with Crippen molar-refractivity contribution < 1.29 is 42.4 Å². The average molecular weight is 752 g/mol. The monoisotopic (exact) mass is 751 g/mol. The fraction of sp³-hybridized carbons (Fsp3) is 0.571. The lowest BCUT2D eigenvalue weighted by Crippen LogP contribution is -2.44. The third kappa shape index (κ3) is 11.0. The van der Waals surface area contributed by atoms with Crippen LogP contribution < -0.4 is 14.1 Å². The van der Waals surface area contributed by atoms with Gasteiger partial charge in [0.2, 0.25) is 0 Å². The third-order valence-corrected chi connectivity index (χ3v) is 14.3. The molecule has 0 saturated carbocycles. The number of amides is 1. The average Bonchev–Trinajstić information content (AvgIpc) is 3.35. The van der Waals surface area contributed by atoms with Gasteiger partial charge in [-0.25, -0.2) is 9.59 Å². The van der Waals surface area contributed by atoms with Crippen LogP contribution in [0.5, 0.6) is 11.5 Å². The molecule has 4 rings (SSSR count). The maximum absolute atomic E-state index is 14.3. The lowest BCUT2D eigenvalue weighted by atomic mass is 9.98. The van der Waals surface area contributed by atoms with Gasteiger partial charge in [0.1, 0.15) is 41.0 Å². The topological polar surface area (TPSA) is 102 Å². The molecule has 2 aromatic carbocycles. The van der Waals surface area contributed by atoms with Gasteiger partial charge >= 0.3 is 12.1 Å². The van der Waals surface area contributed by atoms with E-state index < -0.39 is 50.1 Å². The van der Waals surface area contributed by atoms with E-state index in [1.165, 1.54) is 4.90 Å². The summed E-state index contributed by atoms with van der Waals surface area (Å²) in [5.74, 6) is -0.404. The van der Waals surface area contributed by atoms with Crippen LogP contribution in [0.2, 0.25) is 18.1 Å². The number of benzene rings is 2. The van der Waals surface area contributed by atoms with E-state index in [4.69, 9.17) is 32.8 Å². The summed E-state index contributed by atoms with van der Waals surface area (Å²) >= 11 is 0. The quantitative estimate of drug-likeness (QED) is 0.155. The fourth-order valence-corrected chi connectivity index (χ4v) is 6.73. The zero-order valence-corrected chi connectivity index (χ0v) is 35.2. The molecule has 11 heteroatoms. The molecule has 2 heterocycles. The highest BCUT2D eigenvalue weighted by molar-refractivity contribution is 6.74. The van der Waals surface area contributed by atoms with Crippen molar-refractivity contribution in [3.05, 3.63) is 71.3 Å². The second-order valence-electron chi connectivity index (χ2n) is 17.1. The Morgan fingerprint density at radius 3 is 2.26 bits per heavy atom. The molecule has 53 heavy (non-hydrogen) atoms. The predicted octanol–water partition coefficient (Wildman–Crippen LogP) is 9.71. The van der Waals surface area contributed by atoms with E-state index in [9.17, 15) is 9.59 Å². The van der Waals surface area contributed by atoms with Crippen molar-refractivity contribution in [1.82, 2.24) is 0 Å². The molecule has 2 aromatic rings. The molecule has 5 atom stereocenters. The summed E-state index contributed by atoms with van der Waals surface area (Å²) < 4.78 is 43.6. The van der Waals surface area contributed by atoms with Gasteiger partial charge < -0.3 is 32.8 Å². The lowest BCUT2D eigenvalue weighted by molar-refractivity contribution is -0.156. The van der Waals surface area contributed by atoms with Gasteiger partial charge in [-0.2, -0.15) is 0 Å². The first-order valence-electron chi connectivity index (χ1n) is 18.5. The molecule has 0 unspecified atom stereocenters. The molecule has 1 saturated heterocycles. The van der Waals surface area contributed by atoms with E-state index in [-0.39, 0.29) is 17.1 Å². The molecule has 0 N–H and O–H groups in total. The summed E-state index contributed by atoms with van der Waals surface area (Å²) in [6.07, 6.45) is 6.00. The minimum Gasteiger partial charge on any atom is -0.543 e. The van der Waals surface area contributed by atoms with Crippen LogP contribution in [0.4, 0.5) is 10.5 Å². The van der Waals surface area contributed by atoms with Crippen LogP contribution in [0, 0.1) is 5.92 Å². The van der Waals surface area contributed by atoms with Gasteiger partial charge in [-0.3, -0.25) is 4.90 Å². The summed E-state index contributed by atoms with van der Waals surface area (Å²) in [5, 5.41) is -0.172. The number of cyclic esters (lactones) is 1. The molecule has 0 bridgehead atoms. The summed E-state index contributed by atoms with van der Waals surface area (Å²) in [7, 11) is 0.802. The first-order valence-corrected chi connectivity index (χ1v) is 21.4. The highest BCUT2D eigenvalue weighted by Crippen LogP contribution is 2.41. The molecule has 292 valence electrons. The van der Waals surface area contributed by atoms with Crippen molar-refractivity contribution in [2.45, 2.75) is 136 Å². The normalized spacial score (nSPS) is 23.7. The Kier molecular flexibility index (Phi) is 13.0. The summed E-state index contributed by atoms with van der Waals surface area (Å²) in [5.41, 5.74) is 1.65. The zero-order valence-electron chi connectivity index (χ0n) is 34.2. The molecule has 0 aromatic heterocycles. The molecule has 2 aliphatic heterocycles. The molecule has 10 nitrogen and oxygen atoms in total. The highest BCUT2D eigenvalue weighted by atomic mass is 28.4. The predicted molar refractivity (Wildman–Crippen MR) is 211 cm³/mol. The number of carbonyl (C=O) groups excluding carboxylic acids is 2. The maximum Gasteiger partial charge on any atom is 0.414 e. The Balaban J connectivity index is 1.81. The molecule has 1 fully saturated rings. The number of hydrogen-bond donors (Lipinski definition) is 0. The molecular weight excluding hydrogens is 691 g/mol.